The molecule has 0 aliphatic rings. The first-order valence-electron chi connectivity index (χ1n) is 12.6. The maximum Gasteiger partial charge on any atom is 0.263 e. The van der Waals surface area contributed by atoms with Gasteiger partial charge < -0.3 is 20.1 Å². The Kier molecular flexibility index (Phi) is 8.14. The van der Waals surface area contributed by atoms with Crippen molar-refractivity contribution in [1.82, 2.24) is 9.97 Å². The Morgan fingerprint density at radius 1 is 0.786 bits per heavy atom. The molecule has 4 aromatic carbocycles. The number of hydrogen-bond acceptors (Lipinski definition) is 8. The molecule has 3 N–H and O–H groups in total. The van der Waals surface area contributed by atoms with Gasteiger partial charge in [0, 0.05) is 40.2 Å². The van der Waals surface area contributed by atoms with Crippen LogP contribution in [0.4, 0.5) is 23.0 Å². The SMILES string of the molecule is COc1cc(Nc2nc3ccccc3nc2NS(=O)(=O)c2cccc(NC(=O)c3ccc(C)c(Cl)c3)c2)cc(OC)c1. The molecule has 10 nitrogen and oxygen atoms in total. The minimum absolute atomic E-state index is 0.0285. The Labute approximate surface area is 247 Å². The second kappa shape index (κ2) is 11.9. The van der Waals surface area contributed by atoms with Crippen molar-refractivity contribution in [2.24, 2.45) is 0 Å². The molecule has 0 radical (unpaired) electrons. The number of sulfonamides is 1. The van der Waals surface area contributed by atoms with Crippen LogP contribution < -0.4 is 24.8 Å². The van der Waals surface area contributed by atoms with Gasteiger partial charge in [0.2, 0.25) is 0 Å². The summed E-state index contributed by atoms with van der Waals surface area (Å²) in [7, 11) is -1.12. The lowest BCUT2D eigenvalue weighted by Gasteiger charge is -2.15. The van der Waals surface area contributed by atoms with E-state index in [4.69, 9.17) is 21.1 Å². The van der Waals surface area contributed by atoms with Crippen LogP contribution in [-0.2, 0) is 10.0 Å². The number of aromatic nitrogens is 2. The first kappa shape index (κ1) is 28.7. The molecular weight excluding hydrogens is 578 g/mol. The van der Waals surface area contributed by atoms with Crippen molar-refractivity contribution >= 4 is 61.6 Å². The lowest BCUT2D eigenvalue weighted by atomic mass is 10.1. The second-order valence-corrected chi connectivity index (χ2v) is 11.3. The van der Waals surface area contributed by atoms with Gasteiger partial charge in [-0.2, -0.15) is 0 Å². The standard InChI is InChI=1S/C30H26ClN5O5S/c1-18-11-12-19(13-25(18)31)30(37)33-20-7-6-8-24(16-20)42(38,39)36-29-28(34-26-9-4-5-10-27(26)35-29)32-21-14-22(40-2)17-23(15-21)41-3/h4-17H,1-3H3,(H,32,34)(H,33,37)(H,35,36). The quantitative estimate of drug-likeness (QED) is 0.176. The lowest BCUT2D eigenvalue weighted by molar-refractivity contribution is 0.102. The normalized spacial score (nSPS) is 11.1. The van der Waals surface area contributed by atoms with E-state index in [-0.39, 0.29) is 22.2 Å². The van der Waals surface area contributed by atoms with Gasteiger partial charge in [0.25, 0.3) is 15.9 Å². The van der Waals surface area contributed by atoms with Crippen LogP contribution in [0.25, 0.3) is 11.0 Å². The fraction of sp³-hybridized carbons (Fsp3) is 0.100. The molecule has 42 heavy (non-hydrogen) atoms. The molecule has 0 unspecified atom stereocenters. The van der Waals surface area contributed by atoms with Crippen molar-refractivity contribution in [3.63, 3.8) is 0 Å². The molecule has 12 heteroatoms. The van der Waals surface area contributed by atoms with Crippen molar-refractivity contribution in [1.29, 1.82) is 0 Å². The minimum Gasteiger partial charge on any atom is -0.497 e. The molecule has 0 atom stereocenters. The highest BCUT2D eigenvalue weighted by Crippen LogP contribution is 2.31. The summed E-state index contributed by atoms with van der Waals surface area (Å²) >= 11 is 6.16. The number of nitrogens with zero attached hydrogens (tertiary/aromatic N) is 2. The molecule has 1 aromatic heterocycles. The van der Waals surface area contributed by atoms with Crippen LogP contribution in [-0.4, -0.2) is 38.5 Å². The van der Waals surface area contributed by atoms with E-state index >= 15 is 0 Å². The van der Waals surface area contributed by atoms with Crippen LogP contribution in [0.2, 0.25) is 5.02 Å². The number of rotatable bonds is 9. The monoisotopic (exact) mass is 603 g/mol. The highest BCUT2D eigenvalue weighted by molar-refractivity contribution is 7.92. The van der Waals surface area contributed by atoms with Crippen molar-refractivity contribution < 1.29 is 22.7 Å². The largest absolute Gasteiger partial charge is 0.497 e. The Balaban J connectivity index is 1.46. The van der Waals surface area contributed by atoms with Gasteiger partial charge in [0.15, 0.2) is 11.6 Å². The number of anilines is 4. The van der Waals surface area contributed by atoms with Gasteiger partial charge in [-0.05, 0) is 55.0 Å². The van der Waals surface area contributed by atoms with Crippen LogP contribution in [0, 0.1) is 6.92 Å². The van der Waals surface area contributed by atoms with E-state index in [0.717, 1.165) is 5.56 Å². The third-order valence-corrected chi connectivity index (χ3v) is 8.00. The van der Waals surface area contributed by atoms with Gasteiger partial charge in [0.05, 0.1) is 30.1 Å². The van der Waals surface area contributed by atoms with Crippen molar-refractivity contribution in [2.75, 3.05) is 29.6 Å². The second-order valence-electron chi connectivity index (χ2n) is 9.19. The molecule has 1 amide bonds. The summed E-state index contributed by atoms with van der Waals surface area (Å²) in [6.07, 6.45) is 0. The zero-order valence-electron chi connectivity index (χ0n) is 22.8. The van der Waals surface area contributed by atoms with E-state index in [1.54, 1.807) is 60.7 Å². The Morgan fingerprint density at radius 3 is 2.10 bits per heavy atom. The molecular formula is C30H26ClN5O5S. The van der Waals surface area contributed by atoms with Gasteiger partial charge in [-0.3, -0.25) is 9.52 Å². The number of fused-ring (bicyclic) bond motifs is 1. The number of aryl methyl sites for hydroxylation is 1. The highest BCUT2D eigenvalue weighted by atomic mass is 35.5. The van der Waals surface area contributed by atoms with Crippen LogP contribution in [0.15, 0.2) is 89.8 Å². The summed E-state index contributed by atoms with van der Waals surface area (Å²) in [5.74, 6) is 0.756. The van der Waals surface area contributed by atoms with Crippen LogP contribution in [0.5, 0.6) is 11.5 Å². The zero-order chi connectivity index (χ0) is 29.9. The minimum atomic E-state index is -4.17. The van der Waals surface area contributed by atoms with Crippen molar-refractivity contribution in [2.45, 2.75) is 11.8 Å². The Morgan fingerprint density at radius 2 is 1.45 bits per heavy atom. The number of halogens is 1. The average Bonchev–Trinajstić information content (AvgIpc) is 2.98. The summed E-state index contributed by atoms with van der Waals surface area (Å²) < 4.78 is 40.4. The summed E-state index contributed by atoms with van der Waals surface area (Å²) in [4.78, 5) is 21.8. The van der Waals surface area contributed by atoms with Gasteiger partial charge >= 0.3 is 0 Å². The molecule has 0 saturated carbocycles. The molecule has 0 saturated heterocycles. The average molecular weight is 604 g/mol. The van der Waals surface area contributed by atoms with E-state index in [2.05, 4.69) is 25.3 Å². The number of nitrogens with one attached hydrogen (secondary N) is 3. The lowest BCUT2D eigenvalue weighted by Crippen LogP contribution is -2.17. The summed E-state index contributed by atoms with van der Waals surface area (Å²) in [6.45, 7) is 1.83. The number of para-hydroxylation sites is 2. The highest BCUT2D eigenvalue weighted by Gasteiger charge is 2.20. The number of carbonyl (C=O) groups excluding carboxylic acids is 1. The fourth-order valence-corrected chi connectivity index (χ4v) is 5.27. The number of benzene rings is 4. The van der Waals surface area contributed by atoms with Crippen molar-refractivity contribution in [3.8, 4) is 11.5 Å². The third-order valence-electron chi connectivity index (χ3n) is 6.25. The zero-order valence-corrected chi connectivity index (χ0v) is 24.4. The Bertz CT molecular complexity index is 1890. The topological polar surface area (TPSA) is 132 Å². The van der Waals surface area contributed by atoms with Crippen molar-refractivity contribution in [3.05, 3.63) is 101 Å². The number of methoxy groups -OCH3 is 2. The van der Waals surface area contributed by atoms with E-state index < -0.39 is 15.9 Å². The summed E-state index contributed by atoms with van der Waals surface area (Å²) in [5.41, 5.74) is 3.04. The molecule has 0 fully saturated rings. The van der Waals surface area contributed by atoms with Gasteiger partial charge in [-0.15, -0.1) is 0 Å². The molecule has 5 aromatic rings. The van der Waals surface area contributed by atoms with Gasteiger partial charge in [-0.1, -0.05) is 35.9 Å². The van der Waals surface area contributed by atoms with E-state index in [1.807, 2.05) is 13.0 Å². The summed E-state index contributed by atoms with van der Waals surface area (Å²) in [5, 5.41) is 6.30. The van der Waals surface area contributed by atoms with Crippen LogP contribution >= 0.6 is 11.6 Å². The van der Waals surface area contributed by atoms with E-state index in [0.29, 0.717) is 38.8 Å². The Hall–Kier alpha value is -4.87. The predicted octanol–water partition coefficient (Wildman–Crippen LogP) is 6.41. The molecule has 1 heterocycles. The number of ether oxygens (including phenoxy) is 2. The molecule has 0 aliphatic carbocycles. The van der Waals surface area contributed by atoms with Gasteiger partial charge in [-0.25, -0.2) is 18.4 Å². The predicted molar refractivity (Wildman–Crippen MR) is 164 cm³/mol. The smallest absolute Gasteiger partial charge is 0.263 e. The number of amides is 1. The fourth-order valence-electron chi connectivity index (χ4n) is 4.04. The van der Waals surface area contributed by atoms with Crippen LogP contribution in [0.1, 0.15) is 15.9 Å². The molecule has 0 bridgehead atoms. The maximum atomic E-state index is 13.6. The number of hydrogen-bond donors (Lipinski definition) is 3. The first-order chi connectivity index (χ1) is 20.1. The molecule has 0 spiro atoms. The van der Waals surface area contributed by atoms with E-state index in [9.17, 15) is 13.2 Å². The first-order valence-corrected chi connectivity index (χ1v) is 14.5. The van der Waals surface area contributed by atoms with Crippen LogP contribution in [0.3, 0.4) is 0 Å². The molecule has 0 aliphatic heterocycles. The molecule has 5 rings (SSSR count). The van der Waals surface area contributed by atoms with E-state index in [1.165, 1.54) is 32.4 Å². The van der Waals surface area contributed by atoms with Gasteiger partial charge in [0.1, 0.15) is 11.5 Å². The third kappa shape index (κ3) is 6.37. The number of carbonyl (C=O) groups is 1. The maximum absolute atomic E-state index is 13.6. The molecule has 214 valence electrons. The summed E-state index contributed by atoms with van der Waals surface area (Å²) in [6, 6.07) is 23.0.